The van der Waals surface area contributed by atoms with Crippen LogP contribution in [0.5, 0.6) is 0 Å². The Bertz CT molecular complexity index is 789. The third kappa shape index (κ3) is 8.09. The van der Waals surface area contributed by atoms with Gasteiger partial charge in [-0.15, -0.1) is 24.0 Å². The first kappa shape index (κ1) is 27.3. The van der Waals surface area contributed by atoms with Crippen molar-refractivity contribution in [2.75, 3.05) is 57.7 Å². The Kier molecular flexibility index (Phi) is 11.3. The fourth-order valence-corrected chi connectivity index (χ4v) is 4.12. The lowest BCUT2D eigenvalue weighted by Gasteiger charge is -2.39. The van der Waals surface area contributed by atoms with Crippen molar-refractivity contribution in [2.45, 2.75) is 46.1 Å². The Hall–Kier alpha value is -1.95. The number of hydrogen-bond acceptors (Lipinski definition) is 5. The Balaban J connectivity index is 0.00000385. The minimum Gasteiger partial charge on any atom is -0.357 e. The topological polar surface area (TPSA) is 93.2 Å². The van der Waals surface area contributed by atoms with E-state index in [2.05, 4.69) is 30.4 Å². The SMILES string of the molecule is CCNC(=NCCC(=O)Nc1ccc(C)cn1)N1CCN(C(C)C(=O)N2CCCC2)CC1.I. The van der Waals surface area contributed by atoms with Crippen molar-refractivity contribution in [1.82, 2.24) is 25.0 Å². The quantitative estimate of drug-likeness (QED) is 0.295. The Morgan fingerprint density at radius 2 is 1.79 bits per heavy atom. The predicted molar refractivity (Wildman–Crippen MR) is 142 cm³/mol. The molecule has 1 aromatic rings. The zero-order chi connectivity index (χ0) is 22.9. The van der Waals surface area contributed by atoms with E-state index >= 15 is 0 Å². The number of aryl methyl sites for hydroxylation is 1. The van der Waals surface area contributed by atoms with Gasteiger partial charge in [0.05, 0.1) is 12.6 Å². The van der Waals surface area contributed by atoms with Crippen molar-refractivity contribution in [3.05, 3.63) is 23.9 Å². The fraction of sp³-hybridized carbons (Fsp3) is 0.652. The van der Waals surface area contributed by atoms with Crippen LogP contribution in [0.4, 0.5) is 5.82 Å². The molecule has 2 aliphatic heterocycles. The molecule has 0 spiro atoms. The molecular weight excluding hydrogens is 533 g/mol. The van der Waals surface area contributed by atoms with E-state index in [4.69, 9.17) is 0 Å². The van der Waals surface area contributed by atoms with Gasteiger partial charge in [0.2, 0.25) is 11.8 Å². The lowest BCUT2D eigenvalue weighted by molar-refractivity contribution is -0.135. The number of likely N-dealkylation sites (tertiary alicyclic amines) is 1. The number of halogens is 1. The number of rotatable bonds is 7. The van der Waals surface area contributed by atoms with Gasteiger partial charge in [0.1, 0.15) is 5.82 Å². The smallest absolute Gasteiger partial charge is 0.239 e. The van der Waals surface area contributed by atoms with E-state index in [0.29, 0.717) is 18.8 Å². The number of nitrogens with zero attached hydrogens (tertiary/aromatic N) is 5. The number of carbonyl (C=O) groups excluding carboxylic acids is 2. The summed E-state index contributed by atoms with van der Waals surface area (Å²) in [7, 11) is 0. The van der Waals surface area contributed by atoms with Gasteiger partial charge >= 0.3 is 0 Å². The van der Waals surface area contributed by atoms with Gasteiger partial charge in [0.15, 0.2) is 5.96 Å². The molecule has 0 saturated carbocycles. The van der Waals surface area contributed by atoms with Gasteiger partial charge in [-0.2, -0.15) is 0 Å². The molecule has 2 fully saturated rings. The number of piperazine rings is 1. The molecule has 3 rings (SSSR count). The van der Waals surface area contributed by atoms with Crippen molar-refractivity contribution in [3.63, 3.8) is 0 Å². The van der Waals surface area contributed by atoms with E-state index in [1.807, 2.05) is 31.7 Å². The number of carbonyl (C=O) groups is 2. The predicted octanol–water partition coefficient (Wildman–Crippen LogP) is 1.93. The molecule has 0 bridgehead atoms. The summed E-state index contributed by atoms with van der Waals surface area (Å²) in [5, 5.41) is 6.14. The Morgan fingerprint density at radius 3 is 2.39 bits per heavy atom. The maximum atomic E-state index is 12.7. The molecule has 1 aromatic heterocycles. The molecule has 1 atom stereocenters. The zero-order valence-corrected chi connectivity index (χ0v) is 22.4. The standard InChI is InChI=1S/C23H37N7O2.HI/c1-4-24-23(25-10-9-21(31)27-20-8-7-18(2)17-26-20)30-15-13-28(14-16-30)19(3)22(32)29-11-5-6-12-29;/h7-8,17,19H,4-6,9-16H2,1-3H3,(H,24,25)(H,26,27,31);1H. The van der Waals surface area contributed by atoms with E-state index in [1.165, 1.54) is 0 Å². The average Bonchev–Trinajstić information content (AvgIpc) is 3.34. The lowest BCUT2D eigenvalue weighted by atomic mass is 10.2. The molecule has 0 aromatic carbocycles. The third-order valence-electron chi connectivity index (χ3n) is 6.05. The molecule has 2 N–H and O–H groups in total. The number of hydrogen-bond donors (Lipinski definition) is 2. The molecule has 1 unspecified atom stereocenters. The van der Waals surface area contributed by atoms with Crippen molar-refractivity contribution >= 4 is 47.6 Å². The van der Waals surface area contributed by atoms with Gasteiger partial charge in [-0.1, -0.05) is 6.07 Å². The maximum absolute atomic E-state index is 12.7. The van der Waals surface area contributed by atoms with Crippen LogP contribution in [-0.4, -0.2) is 95.9 Å². The van der Waals surface area contributed by atoms with Crippen molar-refractivity contribution in [3.8, 4) is 0 Å². The number of guanidine groups is 1. The van der Waals surface area contributed by atoms with Gasteiger partial charge in [-0.05, 0) is 45.2 Å². The summed E-state index contributed by atoms with van der Waals surface area (Å²) in [6.07, 6.45) is 4.27. The van der Waals surface area contributed by atoms with E-state index in [0.717, 1.165) is 70.2 Å². The lowest BCUT2D eigenvalue weighted by Crippen LogP contribution is -2.57. The molecule has 2 aliphatic rings. The van der Waals surface area contributed by atoms with Crippen LogP contribution >= 0.6 is 24.0 Å². The number of aromatic nitrogens is 1. The molecule has 9 nitrogen and oxygen atoms in total. The van der Waals surface area contributed by atoms with Crippen LogP contribution in [0.15, 0.2) is 23.3 Å². The highest BCUT2D eigenvalue weighted by Crippen LogP contribution is 2.14. The normalized spacial score (nSPS) is 18.0. The monoisotopic (exact) mass is 571 g/mol. The molecule has 184 valence electrons. The Morgan fingerprint density at radius 1 is 1.09 bits per heavy atom. The summed E-state index contributed by atoms with van der Waals surface area (Å²) in [5.41, 5.74) is 1.05. The van der Waals surface area contributed by atoms with E-state index in [1.54, 1.807) is 12.3 Å². The van der Waals surface area contributed by atoms with Crippen LogP contribution < -0.4 is 10.6 Å². The molecular formula is C23H38IN7O2. The van der Waals surface area contributed by atoms with E-state index < -0.39 is 0 Å². The largest absolute Gasteiger partial charge is 0.357 e. The summed E-state index contributed by atoms with van der Waals surface area (Å²) in [4.78, 5) is 40.3. The summed E-state index contributed by atoms with van der Waals surface area (Å²) < 4.78 is 0. The first-order valence-corrected chi connectivity index (χ1v) is 11.8. The van der Waals surface area contributed by atoms with Crippen LogP contribution in [0.25, 0.3) is 0 Å². The summed E-state index contributed by atoms with van der Waals surface area (Å²) in [6.45, 7) is 12.3. The number of anilines is 1. The van der Waals surface area contributed by atoms with Crippen LogP contribution in [-0.2, 0) is 9.59 Å². The molecule has 10 heteroatoms. The van der Waals surface area contributed by atoms with Crippen molar-refractivity contribution in [2.24, 2.45) is 4.99 Å². The number of nitrogens with one attached hydrogen (secondary N) is 2. The number of amides is 2. The molecule has 0 aliphatic carbocycles. The number of pyridine rings is 1. The molecule has 33 heavy (non-hydrogen) atoms. The second-order valence-corrected chi connectivity index (χ2v) is 8.49. The fourth-order valence-electron chi connectivity index (χ4n) is 4.12. The molecule has 2 amide bonds. The van der Waals surface area contributed by atoms with Crippen LogP contribution in [0.3, 0.4) is 0 Å². The summed E-state index contributed by atoms with van der Waals surface area (Å²) in [5.74, 6) is 1.54. The second kappa shape index (κ2) is 13.7. The summed E-state index contributed by atoms with van der Waals surface area (Å²) in [6, 6.07) is 3.65. The highest BCUT2D eigenvalue weighted by molar-refractivity contribution is 14.0. The first-order valence-electron chi connectivity index (χ1n) is 11.8. The van der Waals surface area contributed by atoms with E-state index in [9.17, 15) is 9.59 Å². The highest BCUT2D eigenvalue weighted by atomic mass is 127. The van der Waals surface area contributed by atoms with Crippen molar-refractivity contribution in [1.29, 1.82) is 0 Å². The average molecular weight is 572 g/mol. The highest BCUT2D eigenvalue weighted by Gasteiger charge is 2.30. The minimum absolute atomic E-state index is 0. The van der Waals surface area contributed by atoms with Crippen LogP contribution in [0.1, 0.15) is 38.7 Å². The Labute approximate surface area is 214 Å². The number of aliphatic imine (C=N–C) groups is 1. The summed E-state index contributed by atoms with van der Waals surface area (Å²) >= 11 is 0. The molecule has 0 radical (unpaired) electrons. The minimum atomic E-state index is -0.0972. The van der Waals surface area contributed by atoms with Crippen molar-refractivity contribution < 1.29 is 9.59 Å². The van der Waals surface area contributed by atoms with E-state index in [-0.39, 0.29) is 41.8 Å². The van der Waals surface area contributed by atoms with Gasteiger partial charge in [0.25, 0.3) is 0 Å². The zero-order valence-electron chi connectivity index (χ0n) is 20.0. The molecule has 3 heterocycles. The van der Waals surface area contributed by atoms with Gasteiger partial charge in [-0.25, -0.2) is 4.98 Å². The first-order chi connectivity index (χ1) is 15.5. The van der Waals surface area contributed by atoms with Gasteiger partial charge in [-0.3, -0.25) is 19.5 Å². The maximum Gasteiger partial charge on any atom is 0.239 e. The van der Waals surface area contributed by atoms with Gasteiger partial charge < -0.3 is 20.4 Å². The van der Waals surface area contributed by atoms with Crippen LogP contribution in [0, 0.1) is 6.92 Å². The molecule has 2 saturated heterocycles. The second-order valence-electron chi connectivity index (χ2n) is 8.49. The third-order valence-corrected chi connectivity index (χ3v) is 6.05. The van der Waals surface area contributed by atoms with Gasteiger partial charge in [0, 0.05) is 58.4 Å². The van der Waals surface area contributed by atoms with Crippen LogP contribution in [0.2, 0.25) is 0 Å².